The summed E-state index contributed by atoms with van der Waals surface area (Å²) in [5.41, 5.74) is -0.956. The van der Waals surface area contributed by atoms with Crippen LogP contribution in [0.5, 0.6) is 0 Å². The van der Waals surface area contributed by atoms with E-state index in [-0.39, 0.29) is 35.8 Å². The van der Waals surface area contributed by atoms with Crippen LogP contribution in [0, 0.1) is 16.7 Å². The van der Waals surface area contributed by atoms with Crippen molar-refractivity contribution in [1.82, 2.24) is 4.31 Å². The molecule has 2 bridgehead atoms. The number of hydrogen-bond acceptors (Lipinski definition) is 5. The van der Waals surface area contributed by atoms with Crippen LogP contribution in [-0.2, 0) is 24.3 Å². The van der Waals surface area contributed by atoms with E-state index in [1.54, 1.807) is 4.31 Å². The molecule has 0 N–H and O–H groups in total. The van der Waals surface area contributed by atoms with E-state index in [0.29, 0.717) is 18.8 Å². The molecule has 1 unspecified atom stereocenters. The number of ether oxygens (including phenoxy) is 2. The van der Waals surface area contributed by atoms with Gasteiger partial charge in [0.15, 0.2) is 0 Å². The highest BCUT2D eigenvalue weighted by Crippen LogP contribution is 2.72. The van der Waals surface area contributed by atoms with Gasteiger partial charge in [-0.25, -0.2) is 13.2 Å². The molecule has 1 heterocycles. The summed E-state index contributed by atoms with van der Waals surface area (Å²) in [6, 6.07) is -0.239. The monoisotopic (exact) mass is 373 g/mol. The molecular weight excluding hydrogens is 342 g/mol. The molecule has 7 heteroatoms. The van der Waals surface area contributed by atoms with Crippen LogP contribution in [0.2, 0.25) is 0 Å². The second kappa shape index (κ2) is 5.67. The number of esters is 1. The second-order valence-corrected chi connectivity index (χ2v) is 10.9. The molecule has 2 aliphatic carbocycles. The first-order chi connectivity index (χ1) is 11.4. The highest BCUT2D eigenvalue weighted by molar-refractivity contribution is 7.89. The summed E-state index contributed by atoms with van der Waals surface area (Å²) in [6.07, 6.45) is 2.26. The van der Waals surface area contributed by atoms with Crippen LogP contribution in [0.15, 0.2) is 0 Å². The first-order valence-electron chi connectivity index (χ1n) is 9.25. The number of hydrogen-bond donors (Lipinski definition) is 0. The Hall–Kier alpha value is -0.660. The first-order valence-corrected chi connectivity index (χ1v) is 10.9. The molecule has 1 aliphatic heterocycles. The molecule has 2 saturated carbocycles. The van der Waals surface area contributed by atoms with E-state index in [2.05, 4.69) is 13.8 Å². The molecule has 0 amide bonds. The zero-order valence-electron chi connectivity index (χ0n) is 16.2. The maximum atomic E-state index is 13.4. The minimum Gasteiger partial charge on any atom is -0.431 e. The largest absolute Gasteiger partial charge is 0.431 e. The Labute approximate surface area is 151 Å². The van der Waals surface area contributed by atoms with Crippen LogP contribution in [0.25, 0.3) is 0 Å². The van der Waals surface area contributed by atoms with Crippen molar-refractivity contribution in [2.24, 2.45) is 16.7 Å². The fourth-order valence-corrected chi connectivity index (χ4v) is 8.59. The average Bonchev–Trinajstić information content (AvgIpc) is 2.96. The Bertz CT molecular complexity index is 663. The van der Waals surface area contributed by atoms with Gasteiger partial charge in [-0.05, 0) is 51.9 Å². The van der Waals surface area contributed by atoms with Crippen LogP contribution >= 0.6 is 0 Å². The van der Waals surface area contributed by atoms with Gasteiger partial charge in [-0.1, -0.05) is 13.8 Å². The van der Waals surface area contributed by atoms with Crippen molar-refractivity contribution in [1.29, 1.82) is 0 Å². The molecule has 1 saturated heterocycles. The van der Waals surface area contributed by atoms with Crippen molar-refractivity contribution < 1.29 is 22.7 Å². The van der Waals surface area contributed by atoms with Gasteiger partial charge >= 0.3 is 5.97 Å². The molecule has 0 aromatic rings. The van der Waals surface area contributed by atoms with Gasteiger partial charge in [0.2, 0.25) is 15.8 Å². The highest BCUT2D eigenvalue weighted by atomic mass is 32.2. The molecule has 0 aromatic heterocycles. The van der Waals surface area contributed by atoms with Crippen molar-refractivity contribution in [2.75, 3.05) is 12.4 Å². The zero-order valence-corrected chi connectivity index (χ0v) is 17.0. The van der Waals surface area contributed by atoms with Crippen molar-refractivity contribution in [3.8, 4) is 0 Å². The van der Waals surface area contributed by atoms with Crippen molar-refractivity contribution in [3.63, 3.8) is 0 Å². The lowest BCUT2D eigenvalue weighted by Gasteiger charge is -2.47. The molecule has 6 nitrogen and oxygen atoms in total. The molecule has 0 aromatic carbocycles. The number of fused-ring (bicyclic) bond motifs is 3. The van der Waals surface area contributed by atoms with Crippen molar-refractivity contribution >= 4 is 16.0 Å². The molecular formula is C18H31NO5S. The van der Waals surface area contributed by atoms with Gasteiger partial charge in [0, 0.05) is 18.5 Å². The van der Waals surface area contributed by atoms with E-state index >= 15 is 0 Å². The molecule has 3 fully saturated rings. The maximum absolute atomic E-state index is 13.4. The average molecular weight is 374 g/mol. The third-order valence-electron chi connectivity index (χ3n) is 6.89. The van der Waals surface area contributed by atoms with E-state index in [1.165, 1.54) is 0 Å². The second-order valence-electron chi connectivity index (χ2n) is 9.03. The Morgan fingerprint density at radius 3 is 2.24 bits per heavy atom. The summed E-state index contributed by atoms with van der Waals surface area (Å²) in [5.74, 6) is -1.19. The third kappa shape index (κ3) is 2.49. The summed E-state index contributed by atoms with van der Waals surface area (Å²) in [4.78, 5) is 11.8. The fourth-order valence-electron chi connectivity index (χ4n) is 5.80. The normalized spacial score (nSPS) is 37.0. The Morgan fingerprint density at radius 1 is 1.20 bits per heavy atom. The van der Waals surface area contributed by atoms with Crippen LogP contribution in [-0.4, -0.2) is 48.9 Å². The molecule has 3 rings (SSSR count). The van der Waals surface area contributed by atoms with Crippen LogP contribution < -0.4 is 0 Å². The zero-order chi connectivity index (χ0) is 18.8. The highest BCUT2D eigenvalue weighted by Gasteiger charge is 2.76. The standard InChI is InChI=1S/C18H31NO5S/c1-12(2)19(13(3)4)25(21,22)11-17-8-7-14(16(17,5)6)9-18(17)23-10-15(20)24-18/h12-14H,7-11H2,1-6H3/t14-,17+,18?/m1/s1. The number of sulfonamides is 1. The van der Waals surface area contributed by atoms with E-state index in [0.717, 1.165) is 6.42 Å². The summed E-state index contributed by atoms with van der Waals surface area (Å²) in [5, 5.41) is 0. The predicted molar refractivity (Wildman–Crippen MR) is 94.2 cm³/mol. The lowest BCUT2D eigenvalue weighted by atomic mass is 9.68. The molecule has 1 spiro atoms. The minimum atomic E-state index is -3.54. The predicted octanol–water partition coefficient (Wildman–Crippen LogP) is 2.53. The van der Waals surface area contributed by atoms with Crippen molar-refractivity contribution in [3.05, 3.63) is 0 Å². The summed E-state index contributed by atoms with van der Waals surface area (Å²) < 4.78 is 39.9. The summed E-state index contributed by atoms with van der Waals surface area (Å²) >= 11 is 0. The Kier molecular flexibility index (Phi) is 4.33. The van der Waals surface area contributed by atoms with Gasteiger partial charge < -0.3 is 9.47 Å². The van der Waals surface area contributed by atoms with Gasteiger partial charge in [0.25, 0.3) is 0 Å². The number of rotatable bonds is 5. The number of carbonyl (C=O) groups is 1. The summed E-state index contributed by atoms with van der Waals surface area (Å²) in [6.45, 7) is 11.7. The van der Waals surface area contributed by atoms with Gasteiger partial charge in [-0.2, -0.15) is 4.31 Å². The maximum Gasteiger partial charge on any atom is 0.334 e. The summed E-state index contributed by atoms with van der Waals surface area (Å²) in [7, 11) is -3.54. The molecule has 25 heavy (non-hydrogen) atoms. The number of carbonyl (C=O) groups excluding carboxylic acids is 1. The Morgan fingerprint density at radius 2 is 1.80 bits per heavy atom. The lowest BCUT2D eigenvalue weighted by Crippen LogP contribution is -2.57. The minimum absolute atomic E-state index is 0.0346. The SMILES string of the molecule is CC(C)N(C(C)C)S(=O)(=O)C[C@]12CC[C@H](CC13OCC(=O)O3)C2(C)C. The van der Waals surface area contributed by atoms with Crippen molar-refractivity contribution in [2.45, 2.75) is 78.7 Å². The Balaban J connectivity index is 2.04. The van der Waals surface area contributed by atoms with Gasteiger partial charge in [-0.15, -0.1) is 0 Å². The molecule has 144 valence electrons. The van der Waals surface area contributed by atoms with Crippen LogP contribution in [0.1, 0.15) is 60.8 Å². The van der Waals surface area contributed by atoms with E-state index in [1.807, 2.05) is 27.7 Å². The van der Waals surface area contributed by atoms with Gasteiger partial charge in [-0.3, -0.25) is 0 Å². The topological polar surface area (TPSA) is 72.9 Å². The van der Waals surface area contributed by atoms with Crippen LogP contribution in [0.4, 0.5) is 0 Å². The number of nitrogens with zero attached hydrogens (tertiary/aromatic N) is 1. The van der Waals surface area contributed by atoms with Gasteiger partial charge in [0.1, 0.15) is 6.61 Å². The third-order valence-corrected chi connectivity index (χ3v) is 9.23. The van der Waals surface area contributed by atoms with E-state index in [4.69, 9.17) is 9.47 Å². The smallest absolute Gasteiger partial charge is 0.334 e. The lowest BCUT2D eigenvalue weighted by molar-refractivity contribution is -0.233. The van der Waals surface area contributed by atoms with Crippen LogP contribution in [0.3, 0.4) is 0 Å². The first kappa shape index (κ1) is 19.1. The van der Waals surface area contributed by atoms with E-state index in [9.17, 15) is 13.2 Å². The quantitative estimate of drug-likeness (QED) is 0.693. The van der Waals surface area contributed by atoms with Gasteiger partial charge in [0.05, 0.1) is 11.2 Å². The molecule has 3 aliphatic rings. The molecule has 0 radical (unpaired) electrons. The van der Waals surface area contributed by atoms with E-state index < -0.39 is 21.2 Å². The fraction of sp³-hybridized carbons (Fsp3) is 0.944. The molecule has 3 atom stereocenters.